The van der Waals surface area contributed by atoms with Crippen LogP contribution in [0.3, 0.4) is 0 Å². The molecule has 9 nitrogen and oxygen atoms in total. The van der Waals surface area contributed by atoms with Gasteiger partial charge < -0.3 is 19.7 Å². The van der Waals surface area contributed by atoms with E-state index in [1.165, 1.54) is 17.4 Å². The van der Waals surface area contributed by atoms with E-state index in [1.807, 2.05) is 0 Å². The van der Waals surface area contributed by atoms with Crippen LogP contribution in [0.15, 0.2) is 41.3 Å². The minimum atomic E-state index is -3.33. The fourth-order valence-corrected chi connectivity index (χ4v) is 5.21. The van der Waals surface area contributed by atoms with Crippen LogP contribution in [-0.4, -0.2) is 44.8 Å². The zero-order valence-corrected chi connectivity index (χ0v) is 18.0. The highest BCUT2D eigenvalue weighted by atomic mass is 32.2. The van der Waals surface area contributed by atoms with Crippen molar-refractivity contribution in [2.75, 3.05) is 29.8 Å². The molecule has 0 saturated carbocycles. The van der Waals surface area contributed by atoms with Crippen molar-refractivity contribution in [2.45, 2.75) is 11.3 Å². The molecule has 31 heavy (non-hydrogen) atoms. The first-order valence-electron chi connectivity index (χ1n) is 9.39. The minimum absolute atomic E-state index is 0.0867. The lowest BCUT2D eigenvalue weighted by molar-refractivity contribution is -0.122. The average molecular weight is 460 g/mol. The van der Waals surface area contributed by atoms with Gasteiger partial charge in [-0.25, -0.2) is 13.4 Å². The summed E-state index contributed by atoms with van der Waals surface area (Å²) >= 11 is 1.19. The van der Waals surface area contributed by atoms with Crippen molar-refractivity contribution in [3.05, 3.63) is 36.4 Å². The third-order valence-corrected chi connectivity index (χ3v) is 7.23. The molecule has 3 aromatic rings. The van der Waals surface area contributed by atoms with E-state index < -0.39 is 15.8 Å². The number of carbonyl (C=O) groups excluding carboxylic acids is 2. The summed E-state index contributed by atoms with van der Waals surface area (Å²) in [4.78, 5) is 31.4. The molecule has 1 fully saturated rings. The molecule has 1 unspecified atom stereocenters. The molecule has 160 valence electrons. The number of rotatable bonds is 4. The number of amides is 2. The molecule has 1 N–H and O–H groups in total. The van der Waals surface area contributed by atoms with Crippen LogP contribution in [0.5, 0.6) is 11.5 Å². The first-order chi connectivity index (χ1) is 14.8. The summed E-state index contributed by atoms with van der Waals surface area (Å²) in [5.41, 5.74) is 1.25. The number of ether oxygens (including phenoxy) is 2. The van der Waals surface area contributed by atoms with Gasteiger partial charge in [-0.15, -0.1) is 0 Å². The van der Waals surface area contributed by atoms with E-state index >= 15 is 0 Å². The van der Waals surface area contributed by atoms with E-state index in [0.717, 1.165) is 6.26 Å². The highest BCUT2D eigenvalue weighted by molar-refractivity contribution is 7.90. The molecule has 1 saturated heterocycles. The highest BCUT2D eigenvalue weighted by Gasteiger charge is 2.36. The Morgan fingerprint density at radius 2 is 2.00 bits per heavy atom. The van der Waals surface area contributed by atoms with E-state index in [2.05, 4.69) is 10.3 Å². The van der Waals surface area contributed by atoms with E-state index in [0.29, 0.717) is 32.5 Å². The van der Waals surface area contributed by atoms with Gasteiger partial charge in [0.1, 0.15) is 0 Å². The first-order valence-corrected chi connectivity index (χ1v) is 12.1. The number of aromatic nitrogens is 1. The van der Waals surface area contributed by atoms with E-state index in [1.54, 1.807) is 35.2 Å². The lowest BCUT2D eigenvalue weighted by Gasteiger charge is -2.17. The standard InChI is InChI=1S/C20H17N3O6S2/c1-31(26,27)13-3-4-14-17(8-13)30-20(21-14)22-19(25)11-6-18(24)23(9-11)12-2-5-15-16(7-12)29-10-28-15/h2-5,7-8,11H,6,9-10H2,1H3,(H,21,22,25). The Morgan fingerprint density at radius 1 is 1.19 bits per heavy atom. The van der Waals surface area contributed by atoms with Gasteiger partial charge in [0.05, 0.1) is 21.0 Å². The summed E-state index contributed by atoms with van der Waals surface area (Å²) < 4.78 is 34.8. The number of fused-ring (bicyclic) bond motifs is 2. The summed E-state index contributed by atoms with van der Waals surface area (Å²) in [5, 5.41) is 3.12. The van der Waals surface area contributed by atoms with Crippen molar-refractivity contribution in [1.82, 2.24) is 4.98 Å². The second-order valence-electron chi connectivity index (χ2n) is 7.35. The van der Waals surface area contributed by atoms with Crippen LogP contribution in [-0.2, 0) is 19.4 Å². The Balaban J connectivity index is 1.31. The molecule has 0 radical (unpaired) electrons. The van der Waals surface area contributed by atoms with Gasteiger partial charge in [-0.3, -0.25) is 9.59 Å². The maximum Gasteiger partial charge on any atom is 0.231 e. The first kappa shape index (κ1) is 19.8. The quantitative estimate of drug-likeness (QED) is 0.637. The van der Waals surface area contributed by atoms with Crippen LogP contribution < -0.4 is 19.7 Å². The van der Waals surface area contributed by atoms with Gasteiger partial charge in [0.2, 0.25) is 18.6 Å². The lowest BCUT2D eigenvalue weighted by atomic mass is 10.1. The molecule has 1 atom stereocenters. The van der Waals surface area contributed by atoms with Gasteiger partial charge in [0.25, 0.3) is 0 Å². The number of benzene rings is 2. The summed E-state index contributed by atoms with van der Waals surface area (Å²) in [6.45, 7) is 0.388. The molecule has 11 heteroatoms. The fraction of sp³-hybridized carbons (Fsp3) is 0.250. The minimum Gasteiger partial charge on any atom is -0.454 e. The van der Waals surface area contributed by atoms with Crippen molar-refractivity contribution in [2.24, 2.45) is 5.92 Å². The highest BCUT2D eigenvalue weighted by Crippen LogP contribution is 2.37. The van der Waals surface area contributed by atoms with E-state index in [4.69, 9.17) is 9.47 Å². The van der Waals surface area contributed by atoms with Crippen LogP contribution in [0.2, 0.25) is 0 Å². The number of anilines is 2. The van der Waals surface area contributed by atoms with Gasteiger partial charge in [0, 0.05) is 31.0 Å². The normalized spacial score (nSPS) is 18.0. The molecular weight excluding hydrogens is 442 g/mol. The van der Waals surface area contributed by atoms with Crippen LogP contribution >= 0.6 is 11.3 Å². The Hall–Kier alpha value is -3.18. The second-order valence-corrected chi connectivity index (χ2v) is 10.4. The molecule has 0 bridgehead atoms. The zero-order valence-electron chi connectivity index (χ0n) is 16.3. The van der Waals surface area contributed by atoms with Crippen molar-refractivity contribution >= 4 is 54.0 Å². The SMILES string of the molecule is CS(=O)(=O)c1ccc2nc(NC(=O)C3CC(=O)N(c4ccc5c(c4)OCO5)C3)sc2c1. The Kier molecular flexibility index (Phi) is 4.59. The zero-order chi connectivity index (χ0) is 21.8. The van der Waals surface area contributed by atoms with Crippen molar-refractivity contribution in [3.63, 3.8) is 0 Å². The van der Waals surface area contributed by atoms with Crippen molar-refractivity contribution in [1.29, 1.82) is 0 Å². The van der Waals surface area contributed by atoms with Crippen LogP contribution in [0.25, 0.3) is 10.2 Å². The number of hydrogen-bond acceptors (Lipinski definition) is 8. The predicted molar refractivity (Wildman–Crippen MR) is 114 cm³/mol. The Morgan fingerprint density at radius 3 is 2.81 bits per heavy atom. The molecular formula is C20H17N3O6S2. The van der Waals surface area contributed by atoms with Gasteiger partial charge >= 0.3 is 0 Å². The third kappa shape index (κ3) is 3.70. The number of carbonyl (C=O) groups is 2. The van der Waals surface area contributed by atoms with Gasteiger partial charge in [-0.05, 0) is 30.3 Å². The summed E-state index contributed by atoms with van der Waals surface area (Å²) in [6.07, 6.45) is 1.23. The Bertz CT molecular complexity index is 1330. The topological polar surface area (TPSA) is 115 Å². The fourth-order valence-electron chi connectivity index (χ4n) is 3.58. The lowest BCUT2D eigenvalue weighted by Crippen LogP contribution is -2.28. The van der Waals surface area contributed by atoms with Gasteiger partial charge in [-0.1, -0.05) is 11.3 Å². The largest absolute Gasteiger partial charge is 0.454 e. The molecule has 0 spiro atoms. The molecule has 2 aliphatic heterocycles. The number of hydrogen-bond donors (Lipinski definition) is 1. The van der Waals surface area contributed by atoms with E-state index in [-0.39, 0.29) is 36.5 Å². The van der Waals surface area contributed by atoms with Crippen LogP contribution in [0.4, 0.5) is 10.8 Å². The predicted octanol–water partition coefficient (Wildman–Crippen LogP) is 2.42. The van der Waals surface area contributed by atoms with Gasteiger partial charge in [0.15, 0.2) is 26.5 Å². The summed E-state index contributed by atoms with van der Waals surface area (Å²) in [5.74, 6) is 0.206. The van der Waals surface area contributed by atoms with Gasteiger partial charge in [-0.2, -0.15) is 0 Å². The van der Waals surface area contributed by atoms with Crippen LogP contribution in [0.1, 0.15) is 6.42 Å². The van der Waals surface area contributed by atoms with Crippen molar-refractivity contribution < 1.29 is 27.5 Å². The maximum absolute atomic E-state index is 12.8. The summed E-state index contributed by atoms with van der Waals surface area (Å²) in [7, 11) is -3.33. The third-order valence-electron chi connectivity index (χ3n) is 5.18. The number of sulfone groups is 1. The molecule has 1 aromatic heterocycles. The number of thiazole rings is 1. The average Bonchev–Trinajstić information content (AvgIpc) is 3.43. The molecule has 0 aliphatic carbocycles. The summed E-state index contributed by atoms with van der Waals surface area (Å²) in [6, 6.07) is 9.87. The number of nitrogens with one attached hydrogen (secondary N) is 1. The molecule has 2 aliphatic rings. The Labute approximate surface area is 181 Å². The number of nitrogens with zero attached hydrogens (tertiary/aromatic N) is 2. The molecule has 5 rings (SSSR count). The molecule has 3 heterocycles. The van der Waals surface area contributed by atoms with Crippen LogP contribution in [0, 0.1) is 5.92 Å². The maximum atomic E-state index is 12.8. The second kappa shape index (κ2) is 7.20. The van der Waals surface area contributed by atoms with E-state index in [9.17, 15) is 18.0 Å². The van der Waals surface area contributed by atoms with Crippen molar-refractivity contribution in [3.8, 4) is 11.5 Å². The molecule has 2 amide bonds. The monoisotopic (exact) mass is 459 g/mol. The smallest absolute Gasteiger partial charge is 0.231 e. The molecule has 2 aromatic carbocycles.